The second-order valence-corrected chi connectivity index (χ2v) is 13.0. The van der Waals surface area contributed by atoms with Gasteiger partial charge in [-0.25, -0.2) is 4.79 Å². The third-order valence-electron chi connectivity index (χ3n) is 8.12. The van der Waals surface area contributed by atoms with Crippen LogP contribution < -0.4 is 27.0 Å². The Balaban J connectivity index is 1.51. The molecule has 0 aliphatic carbocycles. The Kier molecular flexibility index (Phi) is 14.6. The first kappa shape index (κ1) is 39.0. The molecule has 0 aliphatic rings. The fraction of sp³-hybridized carbons (Fsp3) is 0.297. The zero-order valence-electron chi connectivity index (χ0n) is 28.5. The van der Waals surface area contributed by atoms with Gasteiger partial charge < -0.3 is 41.8 Å². The van der Waals surface area contributed by atoms with Gasteiger partial charge in [-0.05, 0) is 41.2 Å². The van der Waals surface area contributed by atoms with Crippen LogP contribution in [0.1, 0.15) is 29.5 Å². The molecule has 14 nitrogen and oxygen atoms in total. The zero-order chi connectivity index (χ0) is 37.5. The van der Waals surface area contributed by atoms with Gasteiger partial charge in [-0.3, -0.25) is 24.0 Å². The molecule has 52 heavy (non-hydrogen) atoms. The van der Waals surface area contributed by atoms with Gasteiger partial charge in [-0.2, -0.15) is 11.8 Å². The number of alkyl carbamates (subject to hydrolysis) is 1. The molecule has 1 heterocycles. The average molecular weight is 731 g/mol. The number of aliphatic carboxylic acids is 1. The lowest BCUT2D eigenvalue weighted by Gasteiger charge is -2.25. The molecule has 0 unspecified atom stereocenters. The number of nitrogens with one attached hydrogen (secondary N) is 5. The highest BCUT2D eigenvalue weighted by molar-refractivity contribution is 7.98. The van der Waals surface area contributed by atoms with Gasteiger partial charge in [0.25, 0.3) is 0 Å². The quantitative estimate of drug-likeness (QED) is 0.0752. The van der Waals surface area contributed by atoms with Crippen LogP contribution in [-0.2, 0) is 48.2 Å². The number of para-hydroxylation sites is 1. The molecule has 0 saturated heterocycles. The van der Waals surface area contributed by atoms with Crippen molar-refractivity contribution in [1.82, 2.24) is 26.3 Å². The number of ether oxygens (including phenoxy) is 1. The molecule has 4 atom stereocenters. The highest BCUT2D eigenvalue weighted by atomic mass is 32.2. The first-order valence-corrected chi connectivity index (χ1v) is 17.9. The van der Waals surface area contributed by atoms with E-state index in [9.17, 15) is 33.9 Å². The summed E-state index contributed by atoms with van der Waals surface area (Å²) in [5.74, 6) is -4.31. The Morgan fingerprint density at radius 3 is 1.96 bits per heavy atom. The number of benzene rings is 3. The fourth-order valence-electron chi connectivity index (χ4n) is 5.41. The number of primary amides is 1. The SMILES string of the molecule is CSCC[C@H](NC(=O)[C@H](Cc1c[nH]c2ccccc12)NC(=O)OCc1ccccc1)C(=O)N[C@H](CC(=O)O)C(=O)N[C@@H](Cc1ccccc1)C(N)=O. The summed E-state index contributed by atoms with van der Waals surface area (Å²) in [5.41, 5.74) is 8.53. The van der Waals surface area contributed by atoms with Crippen LogP contribution in [0.25, 0.3) is 10.9 Å². The Labute approximate surface area is 304 Å². The minimum Gasteiger partial charge on any atom is -0.481 e. The predicted molar refractivity (Wildman–Crippen MR) is 196 cm³/mol. The van der Waals surface area contributed by atoms with E-state index >= 15 is 0 Å². The molecule has 0 spiro atoms. The van der Waals surface area contributed by atoms with Crippen molar-refractivity contribution in [2.75, 3.05) is 12.0 Å². The molecule has 0 radical (unpaired) electrons. The first-order chi connectivity index (χ1) is 25.0. The average Bonchev–Trinajstić information content (AvgIpc) is 3.54. The third kappa shape index (κ3) is 11.9. The van der Waals surface area contributed by atoms with E-state index in [-0.39, 0.29) is 25.9 Å². The second-order valence-electron chi connectivity index (χ2n) is 12.0. The van der Waals surface area contributed by atoms with Gasteiger partial charge in [-0.1, -0.05) is 78.9 Å². The van der Waals surface area contributed by atoms with Crippen LogP contribution in [0.2, 0.25) is 0 Å². The molecule has 1 aromatic heterocycles. The summed E-state index contributed by atoms with van der Waals surface area (Å²) < 4.78 is 5.38. The number of nitrogens with two attached hydrogens (primary N) is 1. The smallest absolute Gasteiger partial charge is 0.408 e. The van der Waals surface area contributed by atoms with Crippen LogP contribution in [0.15, 0.2) is 91.1 Å². The lowest BCUT2D eigenvalue weighted by molar-refractivity contribution is -0.141. The number of carbonyl (C=O) groups is 6. The predicted octanol–water partition coefficient (Wildman–Crippen LogP) is 2.42. The number of hydrogen-bond acceptors (Lipinski definition) is 8. The van der Waals surface area contributed by atoms with E-state index in [1.54, 1.807) is 67.0 Å². The first-order valence-electron chi connectivity index (χ1n) is 16.5. The van der Waals surface area contributed by atoms with Crippen molar-refractivity contribution >= 4 is 58.4 Å². The van der Waals surface area contributed by atoms with Crippen LogP contribution in [0, 0.1) is 0 Å². The maximum atomic E-state index is 13.9. The van der Waals surface area contributed by atoms with E-state index in [0.717, 1.165) is 22.0 Å². The minimum absolute atomic E-state index is 0.0348. The monoisotopic (exact) mass is 730 g/mol. The number of aromatic amines is 1. The van der Waals surface area contributed by atoms with E-state index in [0.29, 0.717) is 11.3 Å². The number of fused-ring (bicyclic) bond motifs is 1. The Bertz CT molecular complexity index is 1840. The Hall–Kier alpha value is -5.83. The normalized spacial score (nSPS) is 13.2. The molecule has 274 valence electrons. The number of carboxylic acids is 1. The molecular weight excluding hydrogens is 689 g/mol. The molecule has 4 aromatic rings. The summed E-state index contributed by atoms with van der Waals surface area (Å²) in [6.07, 6.45) is 2.05. The number of rotatable bonds is 19. The number of aromatic nitrogens is 1. The van der Waals surface area contributed by atoms with Gasteiger partial charge in [-0.15, -0.1) is 0 Å². The molecule has 8 N–H and O–H groups in total. The number of carbonyl (C=O) groups excluding carboxylic acids is 5. The molecule has 4 rings (SSSR count). The summed E-state index contributed by atoms with van der Waals surface area (Å²) in [6, 6.07) is 20.0. The number of H-pyrrole nitrogens is 1. The summed E-state index contributed by atoms with van der Waals surface area (Å²) in [5, 5.41) is 20.6. The summed E-state index contributed by atoms with van der Waals surface area (Å²) in [6.45, 7) is -0.0398. The standard InChI is InChI=1S/C37H42N6O8S/c1-52-17-16-28(34(47)42-31(20-32(44)45)36(49)41-29(33(38)46)18-23-10-4-2-5-11-23)40-35(48)30(19-25-21-39-27-15-9-8-14-26(25)27)43-37(50)51-22-24-12-6-3-7-13-24/h2-15,21,28-31,39H,16-20,22H2,1H3,(H2,38,46)(H,40,48)(H,41,49)(H,42,47)(H,43,50)(H,44,45)/t28-,29-,30-,31+/m0/s1. The Morgan fingerprint density at radius 2 is 1.31 bits per heavy atom. The minimum atomic E-state index is -1.61. The van der Waals surface area contributed by atoms with Crippen molar-refractivity contribution in [2.45, 2.75) is 56.5 Å². The van der Waals surface area contributed by atoms with Gasteiger partial charge in [0.2, 0.25) is 23.6 Å². The number of amides is 5. The molecular formula is C37H42N6O8S. The van der Waals surface area contributed by atoms with Crippen LogP contribution >= 0.6 is 11.8 Å². The fourth-order valence-corrected chi connectivity index (χ4v) is 5.89. The highest BCUT2D eigenvalue weighted by Gasteiger charge is 2.32. The van der Waals surface area contributed by atoms with Crippen molar-refractivity contribution in [1.29, 1.82) is 0 Å². The van der Waals surface area contributed by atoms with E-state index in [2.05, 4.69) is 26.3 Å². The van der Waals surface area contributed by atoms with E-state index in [1.165, 1.54) is 11.8 Å². The lowest BCUT2D eigenvalue weighted by Crippen LogP contribution is -2.59. The molecule has 5 amide bonds. The van der Waals surface area contributed by atoms with E-state index < -0.39 is 66.3 Å². The van der Waals surface area contributed by atoms with Crippen molar-refractivity contribution in [2.24, 2.45) is 5.73 Å². The second kappa shape index (κ2) is 19.5. The molecule has 0 aliphatic heterocycles. The number of hydrogen-bond donors (Lipinski definition) is 7. The molecule has 0 bridgehead atoms. The van der Waals surface area contributed by atoms with Crippen molar-refractivity contribution in [3.05, 3.63) is 108 Å². The van der Waals surface area contributed by atoms with Gasteiger partial charge >= 0.3 is 12.1 Å². The molecule has 15 heteroatoms. The zero-order valence-corrected chi connectivity index (χ0v) is 29.3. The van der Waals surface area contributed by atoms with Gasteiger partial charge in [0, 0.05) is 29.9 Å². The summed E-state index contributed by atoms with van der Waals surface area (Å²) in [7, 11) is 0. The van der Waals surface area contributed by atoms with Gasteiger partial charge in [0.05, 0.1) is 6.42 Å². The maximum Gasteiger partial charge on any atom is 0.408 e. The molecule has 0 saturated carbocycles. The van der Waals surface area contributed by atoms with Crippen molar-refractivity contribution in [3.63, 3.8) is 0 Å². The Morgan fingerprint density at radius 1 is 0.731 bits per heavy atom. The van der Waals surface area contributed by atoms with E-state index in [1.807, 2.05) is 30.3 Å². The third-order valence-corrected chi connectivity index (χ3v) is 8.76. The van der Waals surface area contributed by atoms with Crippen LogP contribution in [0.4, 0.5) is 4.79 Å². The van der Waals surface area contributed by atoms with E-state index in [4.69, 9.17) is 10.5 Å². The topological polar surface area (TPSA) is 222 Å². The largest absolute Gasteiger partial charge is 0.481 e. The highest BCUT2D eigenvalue weighted by Crippen LogP contribution is 2.19. The van der Waals surface area contributed by atoms with Crippen LogP contribution in [-0.4, -0.2) is 82.0 Å². The van der Waals surface area contributed by atoms with Crippen molar-refractivity contribution < 1.29 is 38.6 Å². The van der Waals surface area contributed by atoms with Crippen LogP contribution in [0.5, 0.6) is 0 Å². The maximum absolute atomic E-state index is 13.9. The summed E-state index contributed by atoms with van der Waals surface area (Å²) in [4.78, 5) is 80.9. The number of thioether (sulfide) groups is 1. The van der Waals surface area contributed by atoms with Crippen molar-refractivity contribution in [3.8, 4) is 0 Å². The van der Waals surface area contributed by atoms with Gasteiger partial charge in [0.1, 0.15) is 30.8 Å². The molecule has 3 aromatic carbocycles. The number of carboxylic acid groups (broad SMARTS) is 1. The van der Waals surface area contributed by atoms with Gasteiger partial charge in [0.15, 0.2) is 0 Å². The molecule has 0 fully saturated rings. The lowest BCUT2D eigenvalue weighted by atomic mass is 10.0. The summed E-state index contributed by atoms with van der Waals surface area (Å²) >= 11 is 1.40. The van der Waals surface area contributed by atoms with Crippen LogP contribution in [0.3, 0.4) is 0 Å².